The first kappa shape index (κ1) is 36.5. The van der Waals surface area contributed by atoms with Crippen LogP contribution < -0.4 is 19.9 Å². The molecule has 0 amide bonds. The summed E-state index contributed by atoms with van der Waals surface area (Å²) in [5.74, 6) is 1.06. The van der Waals surface area contributed by atoms with Crippen molar-refractivity contribution < 1.29 is 4.74 Å². The van der Waals surface area contributed by atoms with Gasteiger partial charge in [-0.3, -0.25) is 0 Å². The van der Waals surface area contributed by atoms with Crippen molar-refractivity contribution in [3.8, 4) is 12.1 Å². The summed E-state index contributed by atoms with van der Waals surface area (Å²) in [5.41, 5.74) is 4.96. The lowest BCUT2D eigenvalue weighted by Crippen LogP contribution is -2.45. The molecule has 1 N–H and O–H groups in total. The molecule has 3 aromatic rings. The number of nitrogens with one attached hydrogen (secondary N) is 1. The Labute approximate surface area is 269 Å². The SMILES string of the molecule is CC#N.CN1CCCC1.COc1nc2c(c(N3CCNCC3)n1)CCN(c1cccc3cccc(C)c13)C2.CS.CSC. The van der Waals surface area contributed by atoms with Crippen molar-refractivity contribution >= 4 is 46.7 Å². The summed E-state index contributed by atoms with van der Waals surface area (Å²) in [6, 6.07) is 15.3. The van der Waals surface area contributed by atoms with Gasteiger partial charge in [0.05, 0.1) is 25.4 Å². The average Bonchev–Trinajstić information content (AvgIpc) is 3.53. The number of ether oxygens (including phenoxy) is 1. The van der Waals surface area contributed by atoms with E-state index in [1.807, 2.05) is 12.5 Å². The molecule has 4 heterocycles. The molecule has 236 valence electrons. The molecule has 2 fully saturated rings. The summed E-state index contributed by atoms with van der Waals surface area (Å²) in [5, 5.41) is 13.4. The number of likely N-dealkylation sites (tertiary alicyclic amines) is 1. The van der Waals surface area contributed by atoms with Gasteiger partial charge in [-0.25, -0.2) is 0 Å². The zero-order valence-corrected chi connectivity index (χ0v) is 28.9. The monoisotopic (exact) mass is 625 g/mol. The minimum atomic E-state index is 0.466. The second kappa shape index (κ2) is 20.3. The quantitative estimate of drug-likeness (QED) is 0.357. The number of hydrogen-bond donors (Lipinski definition) is 2. The first-order valence-corrected chi connectivity index (χ1v) is 17.5. The Hall–Kier alpha value is -2.71. The Balaban J connectivity index is 0.000000388. The standard InChI is InChI=1S/C23H27N5O.C5H11N.C2H3N.C2H6S.CH4S/c1-16-5-3-6-17-7-4-8-20(21(16)17)28-12-9-18-19(15-28)25-23(29-2)26-22(18)27-13-10-24-11-14-27;1-6-4-2-3-5-6;1-2-3;1-3-2;1-2/h3-8,24H,9-15H2,1-2H3;2-5H2,1H3;1H3;1-2H3;2H,1H3. The molecule has 2 saturated heterocycles. The van der Waals surface area contributed by atoms with Crippen molar-refractivity contribution in [2.24, 2.45) is 0 Å². The molecule has 6 rings (SSSR count). The molecule has 10 heteroatoms. The second-order valence-corrected chi connectivity index (χ2v) is 11.3. The van der Waals surface area contributed by atoms with E-state index in [9.17, 15) is 0 Å². The van der Waals surface area contributed by atoms with Crippen molar-refractivity contribution in [1.29, 1.82) is 5.26 Å². The molecule has 0 unspecified atom stereocenters. The second-order valence-electron chi connectivity index (χ2n) is 10.5. The van der Waals surface area contributed by atoms with Gasteiger partial charge in [-0.05, 0) is 82.1 Å². The number of fused-ring (bicyclic) bond motifs is 2. The summed E-state index contributed by atoms with van der Waals surface area (Å²) in [6.07, 6.45) is 9.55. The highest BCUT2D eigenvalue weighted by molar-refractivity contribution is 7.97. The first-order valence-electron chi connectivity index (χ1n) is 14.9. The summed E-state index contributed by atoms with van der Waals surface area (Å²) in [7, 11) is 3.82. The van der Waals surface area contributed by atoms with Gasteiger partial charge < -0.3 is 24.8 Å². The van der Waals surface area contributed by atoms with Crippen LogP contribution in [0.3, 0.4) is 0 Å². The van der Waals surface area contributed by atoms with E-state index < -0.39 is 0 Å². The number of piperazine rings is 1. The highest BCUT2D eigenvalue weighted by Gasteiger charge is 2.27. The Morgan fingerprint density at radius 1 is 0.953 bits per heavy atom. The van der Waals surface area contributed by atoms with E-state index in [4.69, 9.17) is 20.0 Å². The van der Waals surface area contributed by atoms with E-state index in [1.165, 1.54) is 60.4 Å². The Bertz CT molecular complexity index is 1270. The van der Waals surface area contributed by atoms with E-state index >= 15 is 0 Å². The number of methoxy groups -OCH3 is 1. The fourth-order valence-electron chi connectivity index (χ4n) is 5.47. The maximum atomic E-state index is 7.32. The predicted octanol–water partition coefficient (Wildman–Crippen LogP) is 5.69. The number of thioether (sulfide) groups is 1. The highest BCUT2D eigenvalue weighted by Crippen LogP contribution is 2.35. The van der Waals surface area contributed by atoms with Crippen molar-refractivity contribution in [3.05, 3.63) is 53.2 Å². The van der Waals surface area contributed by atoms with Crippen LogP contribution in [0.1, 0.15) is 36.6 Å². The molecule has 0 saturated carbocycles. The van der Waals surface area contributed by atoms with Gasteiger partial charge in [-0.2, -0.15) is 39.6 Å². The van der Waals surface area contributed by atoms with Crippen molar-refractivity contribution in [1.82, 2.24) is 20.2 Å². The zero-order chi connectivity index (χ0) is 31.6. The van der Waals surface area contributed by atoms with Gasteiger partial charge in [-0.15, -0.1) is 0 Å². The molecule has 0 atom stereocenters. The van der Waals surface area contributed by atoms with Crippen LogP contribution >= 0.6 is 24.4 Å². The number of thiol groups is 1. The Kier molecular flexibility index (Phi) is 17.2. The molecule has 3 aliphatic heterocycles. The van der Waals surface area contributed by atoms with Crippen molar-refractivity contribution in [2.45, 2.75) is 39.7 Å². The summed E-state index contributed by atoms with van der Waals surface area (Å²) in [6.45, 7) is 11.9. The molecular formula is C33H51N7OS2. The van der Waals surface area contributed by atoms with Crippen molar-refractivity contribution in [2.75, 3.05) is 88.5 Å². The third kappa shape index (κ3) is 10.8. The summed E-state index contributed by atoms with van der Waals surface area (Å²) >= 11 is 5.28. The molecule has 0 spiro atoms. The molecule has 0 radical (unpaired) electrons. The van der Waals surface area contributed by atoms with Gasteiger partial charge in [-0.1, -0.05) is 30.3 Å². The van der Waals surface area contributed by atoms with Gasteiger partial charge in [0.2, 0.25) is 0 Å². The van der Waals surface area contributed by atoms with Crippen LogP contribution in [-0.2, 0) is 13.0 Å². The van der Waals surface area contributed by atoms with Gasteiger partial charge >= 0.3 is 6.01 Å². The number of hydrogen-bond acceptors (Lipinski definition) is 10. The number of rotatable bonds is 3. The van der Waals surface area contributed by atoms with Crippen molar-refractivity contribution in [3.63, 3.8) is 0 Å². The van der Waals surface area contributed by atoms with Crippen LogP contribution in [0.4, 0.5) is 11.5 Å². The van der Waals surface area contributed by atoms with Crippen LogP contribution in [0.25, 0.3) is 10.8 Å². The highest BCUT2D eigenvalue weighted by atomic mass is 32.2. The van der Waals surface area contributed by atoms with Gasteiger partial charge in [0, 0.05) is 56.3 Å². The molecule has 1 aromatic heterocycles. The number of benzene rings is 2. The molecule has 43 heavy (non-hydrogen) atoms. The van der Waals surface area contributed by atoms with Gasteiger partial charge in [0.25, 0.3) is 0 Å². The third-order valence-corrected chi connectivity index (χ3v) is 7.38. The lowest BCUT2D eigenvalue weighted by atomic mass is 9.99. The molecule has 0 bridgehead atoms. The Morgan fingerprint density at radius 2 is 1.56 bits per heavy atom. The van der Waals surface area contributed by atoms with Gasteiger partial charge in [0.1, 0.15) is 5.82 Å². The fraction of sp³-hybridized carbons (Fsp3) is 0.545. The van der Waals surface area contributed by atoms with E-state index in [1.54, 1.807) is 31.2 Å². The molecule has 0 aliphatic carbocycles. The van der Waals surface area contributed by atoms with Crippen LogP contribution in [0.2, 0.25) is 0 Å². The largest absolute Gasteiger partial charge is 0.467 e. The van der Waals surface area contributed by atoms with E-state index in [0.29, 0.717) is 6.01 Å². The molecular weight excluding hydrogens is 575 g/mol. The van der Waals surface area contributed by atoms with Crippen LogP contribution in [0, 0.1) is 18.3 Å². The van der Waals surface area contributed by atoms with Crippen LogP contribution in [0.5, 0.6) is 6.01 Å². The Morgan fingerprint density at radius 3 is 2.12 bits per heavy atom. The molecule has 8 nitrogen and oxygen atoms in total. The lowest BCUT2D eigenvalue weighted by Gasteiger charge is -2.35. The maximum Gasteiger partial charge on any atom is 0.318 e. The molecule has 3 aliphatic rings. The van der Waals surface area contributed by atoms with Crippen LogP contribution in [-0.4, -0.2) is 93.6 Å². The summed E-state index contributed by atoms with van der Waals surface area (Å²) < 4.78 is 5.46. The van der Waals surface area contributed by atoms with E-state index in [-0.39, 0.29) is 0 Å². The number of nitriles is 1. The number of nitrogens with zero attached hydrogens (tertiary/aromatic N) is 6. The van der Waals surface area contributed by atoms with E-state index in [2.05, 4.69) is 83.0 Å². The van der Waals surface area contributed by atoms with Crippen LogP contribution in [0.15, 0.2) is 36.4 Å². The zero-order valence-electron chi connectivity index (χ0n) is 27.2. The predicted molar refractivity (Wildman–Crippen MR) is 189 cm³/mol. The topological polar surface area (TPSA) is 80.5 Å². The third-order valence-electron chi connectivity index (χ3n) is 7.38. The fourth-order valence-corrected chi connectivity index (χ4v) is 5.47. The smallest absolute Gasteiger partial charge is 0.318 e. The minimum Gasteiger partial charge on any atom is -0.467 e. The van der Waals surface area contributed by atoms with E-state index in [0.717, 1.165) is 57.2 Å². The number of aromatic nitrogens is 2. The average molecular weight is 626 g/mol. The molecule has 2 aromatic carbocycles. The minimum absolute atomic E-state index is 0.466. The maximum absolute atomic E-state index is 7.32. The lowest BCUT2D eigenvalue weighted by molar-refractivity contribution is 0.376. The normalized spacial score (nSPS) is 15.6. The number of anilines is 2. The first-order chi connectivity index (χ1) is 21.0. The number of aryl methyl sites for hydroxylation is 1. The van der Waals surface area contributed by atoms with Gasteiger partial charge in [0.15, 0.2) is 0 Å². The summed E-state index contributed by atoms with van der Waals surface area (Å²) in [4.78, 5) is 16.7.